The highest BCUT2D eigenvalue weighted by molar-refractivity contribution is 7.99. The zero-order chi connectivity index (χ0) is 17.3. The van der Waals surface area contributed by atoms with Crippen LogP contribution >= 0.6 is 23.1 Å². The van der Waals surface area contributed by atoms with E-state index in [1.807, 2.05) is 47.8 Å². The van der Waals surface area contributed by atoms with Gasteiger partial charge in [-0.1, -0.05) is 18.2 Å². The molecule has 5 rings (SSSR count). The van der Waals surface area contributed by atoms with E-state index in [-0.39, 0.29) is 0 Å². The molecule has 0 N–H and O–H groups in total. The van der Waals surface area contributed by atoms with Gasteiger partial charge in [-0.05, 0) is 41.4 Å². The Bertz CT molecular complexity index is 1220. The van der Waals surface area contributed by atoms with Crippen LogP contribution in [0.15, 0.2) is 76.6 Å². The second-order valence-electron chi connectivity index (χ2n) is 5.53. The van der Waals surface area contributed by atoms with Gasteiger partial charge in [-0.3, -0.25) is 4.98 Å². The van der Waals surface area contributed by atoms with E-state index in [0.717, 1.165) is 36.7 Å². The summed E-state index contributed by atoms with van der Waals surface area (Å²) >= 11 is 3.15. The predicted octanol–water partition coefficient (Wildman–Crippen LogP) is 4.85. The molecule has 0 amide bonds. The van der Waals surface area contributed by atoms with Crippen molar-refractivity contribution >= 4 is 44.2 Å². The Kier molecular flexibility index (Phi) is 3.80. The Morgan fingerprint density at radius 2 is 1.81 bits per heavy atom. The van der Waals surface area contributed by atoms with E-state index in [4.69, 9.17) is 9.97 Å². The lowest BCUT2D eigenvalue weighted by atomic mass is 10.2. The van der Waals surface area contributed by atoms with Crippen molar-refractivity contribution in [2.75, 3.05) is 0 Å². The number of rotatable bonds is 3. The maximum atomic E-state index is 4.81. The molecule has 7 heteroatoms. The zero-order valence-electron chi connectivity index (χ0n) is 13.4. The van der Waals surface area contributed by atoms with Crippen LogP contribution in [0.2, 0.25) is 0 Å². The minimum atomic E-state index is 0.662. The number of hydrogen-bond acceptors (Lipinski definition) is 7. The number of pyridine rings is 1. The van der Waals surface area contributed by atoms with E-state index in [1.165, 1.54) is 0 Å². The molecule has 0 fully saturated rings. The van der Waals surface area contributed by atoms with Gasteiger partial charge in [0.1, 0.15) is 21.2 Å². The van der Waals surface area contributed by atoms with Crippen molar-refractivity contribution in [2.24, 2.45) is 0 Å². The van der Waals surface area contributed by atoms with Crippen molar-refractivity contribution in [3.05, 3.63) is 66.6 Å². The standard InChI is InChI=1S/C19H11N5S2/c1-2-6-15-13(5-1)19(24-16(23-15)12-4-3-8-20-10-12)26-18-14-7-9-25-17(14)21-11-22-18/h1-11H. The van der Waals surface area contributed by atoms with Gasteiger partial charge in [-0.15, -0.1) is 11.3 Å². The number of aromatic nitrogens is 5. The lowest BCUT2D eigenvalue weighted by molar-refractivity contribution is 1.08. The third kappa shape index (κ3) is 2.71. The van der Waals surface area contributed by atoms with Crippen LogP contribution in [0, 0.1) is 0 Å². The first-order valence-corrected chi connectivity index (χ1v) is 9.61. The third-order valence-corrected chi connectivity index (χ3v) is 5.75. The molecule has 124 valence electrons. The monoisotopic (exact) mass is 373 g/mol. The maximum Gasteiger partial charge on any atom is 0.162 e. The molecule has 0 aliphatic heterocycles. The normalized spacial score (nSPS) is 11.2. The average molecular weight is 373 g/mol. The number of benzene rings is 1. The molecule has 0 aliphatic rings. The van der Waals surface area contributed by atoms with Crippen LogP contribution in [-0.2, 0) is 0 Å². The lowest BCUT2D eigenvalue weighted by Gasteiger charge is -2.08. The van der Waals surface area contributed by atoms with Gasteiger partial charge in [-0.25, -0.2) is 19.9 Å². The van der Waals surface area contributed by atoms with Crippen LogP contribution in [-0.4, -0.2) is 24.9 Å². The van der Waals surface area contributed by atoms with Gasteiger partial charge >= 0.3 is 0 Å². The molecule has 4 heterocycles. The highest BCUT2D eigenvalue weighted by atomic mass is 32.2. The molecule has 0 radical (unpaired) electrons. The van der Waals surface area contributed by atoms with Gasteiger partial charge in [0.15, 0.2) is 5.82 Å². The smallest absolute Gasteiger partial charge is 0.162 e. The lowest BCUT2D eigenvalue weighted by Crippen LogP contribution is -1.95. The number of hydrogen-bond donors (Lipinski definition) is 0. The number of para-hydroxylation sites is 1. The fraction of sp³-hybridized carbons (Fsp3) is 0. The summed E-state index contributed by atoms with van der Waals surface area (Å²) in [5.74, 6) is 0.662. The molecule has 0 saturated heterocycles. The van der Waals surface area contributed by atoms with Crippen molar-refractivity contribution in [2.45, 2.75) is 10.1 Å². The van der Waals surface area contributed by atoms with E-state index in [9.17, 15) is 0 Å². The molecule has 26 heavy (non-hydrogen) atoms. The third-order valence-electron chi connectivity index (χ3n) is 3.91. The van der Waals surface area contributed by atoms with Crippen molar-refractivity contribution in [3.63, 3.8) is 0 Å². The van der Waals surface area contributed by atoms with E-state index in [1.54, 1.807) is 41.8 Å². The van der Waals surface area contributed by atoms with Crippen LogP contribution < -0.4 is 0 Å². The molecular formula is C19H11N5S2. The number of fused-ring (bicyclic) bond motifs is 2. The molecule has 5 aromatic rings. The van der Waals surface area contributed by atoms with Gasteiger partial charge in [0.05, 0.1) is 5.52 Å². The summed E-state index contributed by atoms with van der Waals surface area (Å²) < 4.78 is 0. The molecule has 0 unspecified atom stereocenters. The fourth-order valence-corrected chi connectivity index (χ4v) is 4.46. The molecule has 0 bridgehead atoms. The Hall–Kier alpha value is -2.90. The van der Waals surface area contributed by atoms with E-state index < -0.39 is 0 Å². The van der Waals surface area contributed by atoms with Crippen LogP contribution in [0.4, 0.5) is 0 Å². The average Bonchev–Trinajstić information content (AvgIpc) is 3.18. The molecule has 0 saturated carbocycles. The molecule has 5 nitrogen and oxygen atoms in total. The summed E-state index contributed by atoms with van der Waals surface area (Å²) in [6.45, 7) is 0. The van der Waals surface area contributed by atoms with E-state index in [0.29, 0.717) is 5.82 Å². The van der Waals surface area contributed by atoms with Crippen molar-refractivity contribution < 1.29 is 0 Å². The quantitative estimate of drug-likeness (QED) is 0.421. The molecule has 0 aliphatic carbocycles. The summed E-state index contributed by atoms with van der Waals surface area (Å²) in [5, 5.41) is 5.86. The van der Waals surface area contributed by atoms with Crippen molar-refractivity contribution in [1.82, 2.24) is 24.9 Å². The summed E-state index contributed by atoms with van der Waals surface area (Å²) in [5.41, 5.74) is 1.79. The summed E-state index contributed by atoms with van der Waals surface area (Å²) in [4.78, 5) is 23.5. The number of thiophene rings is 1. The van der Waals surface area contributed by atoms with E-state index >= 15 is 0 Å². The van der Waals surface area contributed by atoms with Crippen molar-refractivity contribution in [3.8, 4) is 11.4 Å². The SMILES string of the molecule is c1cncc(-c2nc(Sc3ncnc4sccc34)c3ccccc3n2)c1. The predicted molar refractivity (Wildman–Crippen MR) is 104 cm³/mol. The Labute approximate surface area is 157 Å². The number of nitrogens with zero attached hydrogens (tertiary/aromatic N) is 5. The van der Waals surface area contributed by atoms with Gasteiger partial charge in [0.25, 0.3) is 0 Å². The molecule has 0 atom stereocenters. The highest BCUT2D eigenvalue weighted by Crippen LogP contribution is 2.36. The topological polar surface area (TPSA) is 64.5 Å². The summed E-state index contributed by atoms with van der Waals surface area (Å²) in [7, 11) is 0. The second kappa shape index (κ2) is 6.44. The summed E-state index contributed by atoms with van der Waals surface area (Å²) in [6, 6.07) is 13.9. The van der Waals surface area contributed by atoms with Gasteiger partial charge in [0, 0.05) is 28.7 Å². The first-order chi connectivity index (χ1) is 12.9. The Morgan fingerprint density at radius 3 is 2.73 bits per heavy atom. The maximum absolute atomic E-state index is 4.81. The van der Waals surface area contributed by atoms with Gasteiger partial charge in [-0.2, -0.15) is 0 Å². The largest absolute Gasteiger partial charge is 0.264 e. The zero-order valence-corrected chi connectivity index (χ0v) is 15.0. The molecule has 4 aromatic heterocycles. The second-order valence-corrected chi connectivity index (χ2v) is 7.40. The summed E-state index contributed by atoms with van der Waals surface area (Å²) in [6.07, 6.45) is 5.13. The molecule has 0 spiro atoms. The van der Waals surface area contributed by atoms with Crippen LogP contribution in [0.5, 0.6) is 0 Å². The minimum absolute atomic E-state index is 0.662. The van der Waals surface area contributed by atoms with Gasteiger partial charge < -0.3 is 0 Å². The first kappa shape index (κ1) is 15.4. The highest BCUT2D eigenvalue weighted by Gasteiger charge is 2.13. The van der Waals surface area contributed by atoms with E-state index in [2.05, 4.69) is 15.0 Å². The van der Waals surface area contributed by atoms with Crippen molar-refractivity contribution in [1.29, 1.82) is 0 Å². The van der Waals surface area contributed by atoms with Crippen LogP contribution in [0.3, 0.4) is 0 Å². The fourth-order valence-electron chi connectivity index (χ4n) is 2.69. The van der Waals surface area contributed by atoms with Crippen LogP contribution in [0.1, 0.15) is 0 Å². The first-order valence-electron chi connectivity index (χ1n) is 7.92. The van der Waals surface area contributed by atoms with Crippen LogP contribution in [0.25, 0.3) is 32.5 Å². The Morgan fingerprint density at radius 1 is 0.846 bits per heavy atom. The minimum Gasteiger partial charge on any atom is -0.264 e. The van der Waals surface area contributed by atoms with Gasteiger partial charge in [0.2, 0.25) is 0 Å². The molecular weight excluding hydrogens is 362 g/mol. The Balaban J connectivity index is 1.70. The molecule has 1 aromatic carbocycles.